The van der Waals surface area contributed by atoms with E-state index in [4.69, 9.17) is 9.47 Å². The normalized spacial score (nSPS) is 14.4. The lowest BCUT2D eigenvalue weighted by Crippen LogP contribution is -2.36. The lowest BCUT2D eigenvalue weighted by atomic mass is 10.2. The largest absolute Gasteiger partial charge is 0.494 e. The molecule has 1 aliphatic rings. The number of rotatable bonds is 8. The van der Waals surface area contributed by atoms with Crippen molar-refractivity contribution in [2.75, 3.05) is 37.8 Å². The second kappa shape index (κ2) is 9.18. The van der Waals surface area contributed by atoms with E-state index >= 15 is 0 Å². The number of para-hydroxylation sites is 1. The molecule has 4 rings (SSSR count). The molecular formula is C20H25N5O2S. The Morgan fingerprint density at radius 3 is 2.75 bits per heavy atom. The number of hydrogen-bond acceptors (Lipinski definition) is 7. The Hall–Kier alpha value is -2.42. The summed E-state index contributed by atoms with van der Waals surface area (Å²) in [4.78, 5) is 2.23. The van der Waals surface area contributed by atoms with E-state index < -0.39 is 0 Å². The molecule has 1 N–H and O–H groups in total. The fourth-order valence-corrected chi connectivity index (χ4v) is 4.12. The van der Waals surface area contributed by atoms with Crippen LogP contribution < -0.4 is 15.0 Å². The van der Waals surface area contributed by atoms with Crippen molar-refractivity contribution in [3.05, 3.63) is 53.9 Å². The van der Waals surface area contributed by atoms with Crippen molar-refractivity contribution in [3.63, 3.8) is 0 Å². The van der Waals surface area contributed by atoms with E-state index in [1.165, 1.54) is 0 Å². The fourth-order valence-electron chi connectivity index (χ4n) is 3.21. The number of nitrogens with one attached hydrogen (secondary N) is 1. The van der Waals surface area contributed by atoms with Gasteiger partial charge in [-0.3, -0.25) is 4.57 Å². The van der Waals surface area contributed by atoms with Crippen LogP contribution in [0.3, 0.4) is 0 Å². The predicted molar refractivity (Wildman–Crippen MR) is 110 cm³/mol. The van der Waals surface area contributed by atoms with Gasteiger partial charge in [0.25, 0.3) is 0 Å². The van der Waals surface area contributed by atoms with Gasteiger partial charge >= 0.3 is 0 Å². The van der Waals surface area contributed by atoms with Crippen LogP contribution in [0.25, 0.3) is 5.13 Å². The highest BCUT2D eigenvalue weighted by Gasteiger charge is 2.17. The lowest BCUT2D eigenvalue weighted by molar-refractivity contribution is 0.122. The molecule has 3 heterocycles. The molecule has 0 unspecified atom stereocenters. The zero-order valence-corrected chi connectivity index (χ0v) is 16.8. The Balaban J connectivity index is 1.40. The standard InChI is InChI=1S/C20H25N5O2S/c1-2-27-18-8-4-3-6-16(18)14-21-15-17-7-5-9-25(17)20-23-22-19(28-20)24-10-12-26-13-11-24/h3-9,21H,2,10-15H2,1H3. The molecule has 1 aromatic carbocycles. The summed E-state index contributed by atoms with van der Waals surface area (Å²) in [5.74, 6) is 0.937. The molecule has 28 heavy (non-hydrogen) atoms. The number of nitrogens with zero attached hydrogens (tertiary/aromatic N) is 4. The highest BCUT2D eigenvalue weighted by molar-refractivity contribution is 7.17. The van der Waals surface area contributed by atoms with Gasteiger partial charge in [-0.1, -0.05) is 29.5 Å². The van der Waals surface area contributed by atoms with Crippen molar-refractivity contribution in [1.82, 2.24) is 20.1 Å². The summed E-state index contributed by atoms with van der Waals surface area (Å²) < 4.78 is 13.2. The summed E-state index contributed by atoms with van der Waals surface area (Å²) in [6, 6.07) is 12.3. The highest BCUT2D eigenvalue weighted by Crippen LogP contribution is 2.25. The first-order valence-electron chi connectivity index (χ1n) is 9.59. The first-order valence-corrected chi connectivity index (χ1v) is 10.4. The maximum atomic E-state index is 5.70. The van der Waals surface area contributed by atoms with Crippen LogP contribution in [0, 0.1) is 0 Å². The van der Waals surface area contributed by atoms with Gasteiger partial charge in [0.05, 0.1) is 19.8 Å². The Bertz CT molecular complexity index is 888. The topological polar surface area (TPSA) is 64.4 Å². The fraction of sp³-hybridized carbons (Fsp3) is 0.400. The molecule has 1 fully saturated rings. The van der Waals surface area contributed by atoms with Gasteiger partial charge in [-0.2, -0.15) is 0 Å². The summed E-state index contributed by atoms with van der Waals surface area (Å²) in [5, 5.41) is 14.1. The minimum Gasteiger partial charge on any atom is -0.494 e. The van der Waals surface area contributed by atoms with E-state index in [1.54, 1.807) is 11.3 Å². The monoisotopic (exact) mass is 399 g/mol. The van der Waals surface area contributed by atoms with Crippen molar-refractivity contribution in [2.24, 2.45) is 0 Å². The van der Waals surface area contributed by atoms with Gasteiger partial charge in [0, 0.05) is 43.6 Å². The molecule has 0 spiro atoms. The Labute approximate surface area is 168 Å². The number of morpholine rings is 1. The minimum atomic E-state index is 0.669. The van der Waals surface area contributed by atoms with Gasteiger partial charge in [-0.15, -0.1) is 10.2 Å². The van der Waals surface area contributed by atoms with Crippen LogP contribution in [0.1, 0.15) is 18.2 Å². The maximum absolute atomic E-state index is 5.70. The third-order valence-electron chi connectivity index (χ3n) is 4.62. The summed E-state index contributed by atoms with van der Waals surface area (Å²) in [6.07, 6.45) is 2.04. The first kappa shape index (κ1) is 18.9. The zero-order valence-electron chi connectivity index (χ0n) is 16.0. The SMILES string of the molecule is CCOc1ccccc1CNCc1cccn1-c1nnc(N2CCOCC2)s1. The molecule has 8 heteroatoms. The van der Waals surface area contributed by atoms with E-state index in [9.17, 15) is 0 Å². The molecule has 1 saturated heterocycles. The van der Waals surface area contributed by atoms with Crippen LogP contribution in [-0.4, -0.2) is 47.7 Å². The molecule has 0 saturated carbocycles. The van der Waals surface area contributed by atoms with Crippen LogP contribution in [0.4, 0.5) is 5.13 Å². The molecule has 148 valence electrons. The number of aromatic nitrogens is 3. The molecule has 0 amide bonds. The Morgan fingerprint density at radius 1 is 1.07 bits per heavy atom. The van der Waals surface area contributed by atoms with Crippen molar-refractivity contribution in [3.8, 4) is 10.9 Å². The third kappa shape index (κ3) is 4.35. The maximum Gasteiger partial charge on any atom is 0.218 e. The first-order chi connectivity index (χ1) is 13.8. The van der Waals surface area contributed by atoms with Gasteiger partial charge in [0.15, 0.2) is 0 Å². The molecule has 0 atom stereocenters. The number of hydrogen-bond donors (Lipinski definition) is 1. The quantitative estimate of drug-likeness (QED) is 0.628. The summed E-state index contributed by atoms with van der Waals surface area (Å²) >= 11 is 1.61. The average molecular weight is 400 g/mol. The van der Waals surface area contributed by atoms with Gasteiger partial charge in [0.2, 0.25) is 10.3 Å². The minimum absolute atomic E-state index is 0.669. The van der Waals surface area contributed by atoms with Gasteiger partial charge in [-0.05, 0) is 25.1 Å². The van der Waals surface area contributed by atoms with Gasteiger partial charge < -0.3 is 19.7 Å². The van der Waals surface area contributed by atoms with E-state index in [1.807, 2.05) is 37.4 Å². The number of anilines is 1. The third-order valence-corrected chi connectivity index (χ3v) is 5.60. The molecule has 0 radical (unpaired) electrons. The molecule has 3 aromatic rings. The zero-order chi connectivity index (χ0) is 19.2. The molecule has 0 bridgehead atoms. The molecule has 7 nitrogen and oxygen atoms in total. The number of ether oxygens (including phenoxy) is 2. The van der Waals surface area contributed by atoms with Crippen LogP contribution in [0.15, 0.2) is 42.6 Å². The smallest absolute Gasteiger partial charge is 0.218 e. The van der Waals surface area contributed by atoms with Crippen molar-refractivity contribution >= 4 is 16.5 Å². The predicted octanol–water partition coefficient (Wildman–Crippen LogP) is 2.85. The Morgan fingerprint density at radius 2 is 1.89 bits per heavy atom. The van der Waals surface area contributed by atoms with Crippen molar-refractivity contribution < 1.29 is 9.47 Å². The van der Waals surface area contributed by atoms with E-state index in [0.717, 1.165) is 66.7 Å². The van der Waals surface area contributed by atoms with E-state index in [2.05, 4.69) is 37.1 Å². The Kier molecular flexibility index (Phi) is 6.20. The molecular weight excluding hydrogens is 374 g/mol. The van der Waals surface area contributed by atoms with Crippen LogP contribution >= 0.6 is 11.3 Å². The molecule has 1 aliphatic heterocycles. The van der Waals surface area contributed by atoms with Gasteiger partial charge in [-0.25, -0.2) is 0 Å². The van der Waals surface area contributed by atoms with Crippen molar-refractivity contribution in [2.45, 2.75) is 20.0 Å². The summed E-state index contributed by atoms with van der Waals surface area (Å²) in [6.45, 7) is 7.39. The average Bonchev–Trinajstić information content (AvgIpc) is 3.39. The van der Waals surface area contributed by atoms with Gasteiger partial charge in [0.1, 0.15) is 5.75 Å². The molecule has 0 aliphatic carbocycles. The number of benzene rings is 1. The summed E-state index contributed by atoms with van der Waals surface area (Å²) in [5.41, 5.74) is 2.31. The molecule has 2 aromatic heterocycles. The second-order valence-electron chi connectivity index (χ2n) is 6.48. The second-order valence-corrected chi connectivity index (χ2v) is 7.41. The van der Waals surface area contributed by atoms with E-state index in [-0.39, 0.29) is 0 Å². The van der Waals surface area contributed by atoms with Crippen LogP contribution in [0.5, 0.6) is 5.75 Å². The van der Waals surface area contributed by atoms with Crippen LogP contribution in [-0.2, 0) is 17.8 Å². The highest BCUT2D eigenvalue weighted by atomic mass is 32.1. The lowest BCUT2D eigenvalue weighted by Gasteiger charge is -2.25. The van der Waals surface area contributed by atoms with Crippen molar-refractivity contribution in [1.29, 1.82) is 0 Å². The summed E-state index contributed by atoms with van der Waals surface area (Å²) in [7, 11) is 0. The van der Waals surface area contributed by atoms with E-state index in [0.29, 0.717) is 6.61 Å². The van der Waals surface area contributed by atoms with Crippen LogP contribution in [0.2, 0.25) is 0 Å².